The van der Waals surface area contributed by atoms with Crippen LogP contribution in [0.2, 0.25) is 0 Å². The van der Waals surface area contributed by atoms with E-state index in [1.54, 1.807) is 17.5 Å². The maximum Gasteiger partial charge on any atom is 0.221 e. The molecule has 0 radical (unpaired) electrons. The summed E-state index contributed by atoms with van der Waals surface area (Å²) >= 11 is 5.20. The molecule has 3 N–H and O–H groups in total. The summed E-state index contributed by atoms with van der Waals surface area (Å²) in [6.45, 7) is 2.80. The molecule has 0 amide bonds. The summed E-state index contributed by atoms with van der Waals surface area (Å²) in [6.07, 6.45) is 2.70. The van der Waals surface area contributed by atoms with E-state index in [2.05, 4.69) is 43.3 Å². The highest BCUT2D eigenvalue weighted by molar-refractivity contribution is 9.11. The van der Waals surface area contributed by atoms with Crippen molar-refractivity contribution in [2.75, 3.05) is 17.6 Å². The first-order chi connectivity index (χ1) is 8.15. The Hall–Kier alpha value is -1.14. The molecule has 0 atom stereocenters. The van der Waals surface area contributed by atoms with Crippen molar-refractivity contribution in [1.82, 2.24) is 9.97 Å². The topological polar surface area (TPSA) is 63.8 Å². The highest BCUT2D eigenvalue weighted by atomic mass is 79.9. The molecule has 0 bridgehead atoms. The second-order valence-corrected chi connectivity index (χ2v) is 6.19. The molecule has 0 aliphatic heterocycles. The van der Waals surface area contributed by atoms with Crippen molar-refractivity contribution in [3.8, 4) is 0 Å². The fourth-order valence-corrected chi connectivity index (χ4v) is 2.91. The molecule has 0 aliphatic rings. The molecular formula is C11H13BrN4S. The van der Waals surface area contributed by atoms with Gasteiger partial charge in [-0.2, -0.15) is 4.98 Å². The molecule has 90 valence electrons. The van der Waals surface area contributed by atoms with Crippen LogP contribution in [0.3, 0.4) is 0 Å². The molecule has 2 heterocycles. The molecule has 6 heteroatoms. The van der Waals surface area contributed by atoms with Crippen LogP contribution in [0.15, 0.2) is 22.1 Å². The number of hydrogen-bond donors (Lipinski definition) is 2. The summed E-state index contributed by atoms with van der Waals surface area (Å²) in [7, 11) is 0. The summed E-state index contributed by atoms with van der Waals surface area (Å²) in [5, 5.41) is 3.27. The van der Waals surface area contributed by atoms with E-state index in [-0.39, 0.29) is 0 Å². The molecule has 0 spiro atoms. The maximum atomic E-state index is 5.55. The Balaban J connectivity index is 1.91. The van der Waals surface area contributed by atoms with Gasteiger partial charge in [0.1, 0.15) is 5.82 Å². The van der Waals surface area contributed by atoms with Gasteiger partial charge in [-0.3, -0.25) is 0 Å². The molecule has 2 aromatic rings. The number of anilines is 2. The first-order valence-electron chi connectivity index (χ1n) is 5.22. The minimum absolute atomic E-state index is 0.303. The van der Waals surface area contributed by atoms with E-state index in [1.807, 2.05) is 6.92 Å². The number of nitrogens with two attached hydrogens (primary N) is 1. The lowest BCUT2D eigenvalue weighted by molar-refractivity contribution is 1.01. The van der Waals surface area contributed by atoms with Gasteiger partial charge in [0, 0.05) is 23.2 Å². The van der Waals surface area contributed by atoms with E-state index >= 15 is 0 Å². The lowest BCUT2D eigenvalue weighted by Crippen LogP contribution is -2.08. The second-order valence-electron chi connectivity index (χ2n) is 3.64. The summed E-state index contributed by atoms with van der Waals surface area (Å²) < 4.78 is 1.16. The van der Waals surface area contributed by atoms with Crippen molar-refractivity contribution in [3.63, 3.8) is 0 Å². The van der Waals surface area contributed by atoms with Gasteiger partial charge in [0.15, 0.2) is 0 Å². The number of aromatic nitrogens is 2. The molecule has 0 aromatic carbocycles. The Kier molecular flexibility index (Phi) is 3.96. The van der Waals surface area contributed by atoms with Crippen LogP contribution >= 0.6 is 27.3 Å². The number of nitrogens with zero attached hydrogens (tertiary/aromatic N) is 2. The number of aryl methyl sites for hydroxylation is 1. The van der Waals surface area contributed by atoms with Gasteiger partial charge in [-0.1, -0.05) is 0 Å². The zero-order valence-electron chi connectivity index (χ0n) is 9.40. The number of rotatable bonds is 4. The van der Waals surface area contributed by atoms with Crippen LogP contribution in [0.1, 0.15) is 10.4 Å². The fraction of sp³-hybridized carbons (Fsp3) is 0.273. The van der Waals surface area contributed by atoms with Gasteiger partial charge in [-0.15, -0.1) is 11.3 Å². The largest absolute Gasteiger partial charge is 0.369 e. The Morgan fingerprint density at radius 1 is 1.47 bits per heavy atom. The smallest absolute Gasteiger partial charge is 0.221 e. The average molecular weight is 313 g/mol. The predicted octanol–water partition coefficient (Wildman–Crippen LogP) is 2.85. The van der Waals surface area contributed by atoms with Crippen molar-refractivity contribution >= 4 is 39.0 Å². The number of nitrogens with one attached hydrogen (secondary N) is 1. The Bertz CT molecular complexity index is 512. The molecule has 0 aliphatic carbocycles. The molecule has 0 unspecified atom stereocenters. The number of nitrogen functional groups attached to an aromatic ring is 1. The lowest BCUT2D eigenvalue weighted by Gasteiger charge is -2.07. The van der Waals surface area contributed by atoms with Crippen molar-refractivity contribution in [2.45, 2.75) is 13.3 Å². The van der Waals surface area contributed by atoms with Crippen molar-refractivity contribution in [2.24, 2.45) is 0 Å². The van der Waals surface area contributed by atoms with E-state index in [4.69, 9.17) is 5.73 Å². The van der Waals surface area contributed by atoms with Crippen molar-refractivity contribution in [3.05, 3.63) is 32.6 Å². The van der Waals surface area contributed by atoms with E-state index in [0.717, 1.165) is 28.1 Å². The van der Waals surface area contributed by atoms with Gasteiger partial charge in [-0.05, 0) is 41.4 Å². The molecule has 0 saturated carbocycles. The van der Waals surface area contributed by atoms with E-state index in [0.29, 0.717) is 5.95 Å². The molecule has 0 saturated heterocycles. The van der Waals surface area contributed by atoms with Crippen LogP contribution in [0.5, 0.6) is 0 Å². The highest BCUT2D eigenvalue weighted by Crippen LogP contribution is 2.22. The van der Waals surface area contributed by atoms with Crippen LogP contribution in [0, 0.1) is 6.92 Å². The third-order valence-corrected chi connectivity index (χ3v) is 3.97. The number of halogens is 1. The normalized spacial score (nSPS) is 10.5. The van der Waals surface area contributed by atoms with Gasteiger partial charge in [0.05, 0.1) is 3.79 Å². The molecule has 4 nitrogen and oxygen atoms in total. The van der Waals surface area contributed by atoms with Gasteiger partial charge in [-0.25, -0.2) is 4.98 Å². The first-order valence-corrected chi connectivity index (χ1v) is 6.83. The molecule has 2 aromatic heterocycles. The van der Waals surface area contributed by atoms with E-state index in [9.17, 15) is 0 Å². The zero-order valence-corrected chi connectivity index (χ0v) is 11.8. The van der Waals surface area contributed by atoms with Crippen LogP contribution in [-0.4, -0.2) is 16.5 Å². The van der Waals surface area contributed by atoms with E-state index < -0.39 is 0 Å². The Morgan fingerprint density at radius 3 is 3.00 bits per heavy atom. The summed E-state index contributed by atoms with van der Waals surface area (Å²) in [4.78, 5) is 9.43. The lowest BCUT2D eigenvalue weighted by atomic mass is 10.3. The number of thiophene rings is 1. The van der Waals surface area contributed by atoms with Crippen LogP contribution in [-0.2, 0) is 6.42 Å². The second kappa shape index (κ2) is 5.46. The van der Waals surface area contributed by atoms with Crippen LogP contribution < -0.4 is 11.1 Å². The third kappa shape index (κ3) is 3.41. The standard InChI is InChI=1S/C11H13BrN4S/c1-7-6-15-11(13)16-10(7)14-5-4-8-2-3-9(12)17-8/h2-3,6H,4-5H2,1H3,(H3,13,14,15,16). The van der Waals surface area contributed by atoms with Crippen LogP contribution in [0.25, 0.3) is 0 Å². The Morgan fingerprint density at radius 2 is 2.29 bits per heavy atom. The molecule has 0 fully saturated rings. The van der Waals surface area contributed by atoms with Crippen molar-refractivity contribution in [1.29, 1.82) is 0 Å². The summed E-state index contributed by atoms with van der Waals surface area (Å²) in [5.74, 6) is 1.12. The highest BCUT2D eigenvalue weighted by Gasteiger charge is 2.02. The quantitative estimate of drug-likeness (QED) is 0.911. The number of hydrogen-bond acceptors (Lipinski definition) is 5. The average Bonchev–Trinajstić information content (AvgIpc) is 2.69. The zero-order chi connectivity index (χ0) is 12.3. The Labute approximate surface area is 112 Å². The summed E-state index contributed by atoms with van der Waals surface area (Å²) in [5.41, 5.74) is 6.55. The third-order valence-electron chi connectivity index (χ3n) is 2.28. The first kappa shape index (κ1) is 12.3. The predicted molar refractivity (Wildman–Crippen MR) is 75.4 cm³/mol. The van der Waals surface area contributed by atoms with E-state index in [1.165, 1.54) is 4.88 Å². The maximum absolute atomic E-state index is 5.55. The molecular weight excluding hydrogens is 300 g/mol. The molecule has 2 rings (SSSR count). The van der Waals surface area contributed by atoms with Gasteiger partial charge in [0.2, 0.25) is 5.95 Å². The monoisotopic (exact) mass is 312 g/mol. The van der Waals surface area contributed by atoms with Gasteiger partial charge >= 0.3 is 0 Å². The summed E-state index contributed by atoms with van der Waals surface area (Å²) in [6, 6.07) is 4.19. The minimum atomic E-state index is 0.303. The van der Waals surface area contributed by atoms with Gasteiger partial charge < -0.3 is 11.1 Å². The SMILES string of the molecule is Cc1cnc(N)nc1NCCc1ccc(Br)s1. The van der Waals surface area contributed by atoms with Crippen LogP contribution in [0.4, 0.5) is 11.8 Å². The van der Waals surface area contributed by atoms with Crippen molar-refractivity contribution < 1.29 is 0 Å². The van der Waals surface area contributed by atoms with Gasteiger partial charge in [0.25, 0.3) is 0 Å². The fourth-order valence-electron chi connectivity index (χ4n) is 1.42. The minimum Gasteiger partial charge on any atom is -0.369 e. The molecule has 17 heavy (non-hydrogen) atoms.